The summed E-state index contributed by atoms with van der Waals surface area (Å²) in [5, 5.41) is 0. The first-order valence-corrected chi connectivity index (χ1v) is 7.22. The second kappa shape index (κ2) is 7.00. The van der Waals surface area contributed by atoms with Gasteiger partial charge in [-0.1, -0.05) is 12.1 Å². The Hall–Kier alpha value is -1.46. The standard InChI is InChI=1S/C16H22FNO3/c1-11(2)18-7-8-21-15(10-18)13(19)9-12-5-4-6-14(20-3)16(12)17/h4-6,11,15H,7-10H2,1-3H3. The van der Waals surface area contributed by atoms with E-state index in [9.17, 15) is 9.18 Å². The van der Waals surface area contributed by atoms with Crippen molar-refractivity contribution in [2.24, 2.45) is 0 Å². The largest absolute Gasteiger partial charge is 0.494 e. The third kappa shape index (κ3) is 3.80. The van der Waals surface area contributed by atoms with Gasteiger partial charge in [-0.3, -0.25) is 9.69 Å². The minimum absolute atomic E-state index is 0.0274. The molecule has 1 atom stereocenters. The van der Waals surface area contributed by atoms with Gasteiger partial charge in [0.1, 0.15) is 6.10 Å². The number of ether oxygens (including phenoxy) is 2. The van der Waals surface area contributed by atoms with Gasteiger partial charge in [0.15, 0.2) is 17.3 Å². The van der Waals surface area contributed by atoms with Crippen molar-refractivity contribution >= 4 is 5.78 Å². The fourth-order valence-corrected chi connectivity index (χ4v) is 2.48. The molecule has 1 aliphatic rings. The van der Waals surface area contributed by atoms with E-state index in [1.807, 2.05) is 0 Å². The molecule has 0 radical (unpaired) electrons. The first-order chi connectivity index (χ1) is 10.0. The van der Waals surface area contributed by atoms with Crippen molar-refractivity contribution in [1.82, 2.24) is 4.90 Å². The van der Waals surface area contributed by atoms with Crippen molar-refractivity contribution in [3.05, 3.63) is 29.6 Å². The number of ketones is 1. The highest BCUT2D eigenvalue weighted by Crippen LogP contribution is 2.21. The van der Waals surface area contributed by atoms with Crippen molar-refractivity contribution in [1.29, 1.82) is 0 Å². The molecular formula is C16H22FNO3. The van der Waals surface area contributed by atoms with Gasteiger partial charge < -0.3 is 9.47 Å². The van der Waals surface area contributed by atoms with Gasteiger partial charge in [0.2, 0.25) is 0 Å². The van der Waals surface area contributed by atoms with Crippen LogP contribution in [0.15, 0.2) is 18.2 Å². The maximum Gasteiger partial charge on any atom is 0.168 e. The van der Waals surface area contributed by atoms with E-state index in [1.54, 1.807) is 18.2 Å². The summed E-state index contributed by atoms with van der Waals surface area (Å²) in [6.07, 6.45) is -0.452. The molecule has 5 heteroatoms. The van der Waals surface area contributed by atoms with Crippen molar-refractivity contribution < 1.29 is 18.7 Å². The maximum absolute atomic E-state index is 14.1. The first kappa shape index (κ1) is 15.9. The van der Waals surface area contributed by atoms with Crippen molar-refractivity contribution in [3.8, 4) is 5.75 Å². The number of nitrogens with zero attached hydrogens (tertiary/aromatic N) is 1. The molecule has 4 nitrogen and oxygen atoms in total. The van der Waals surface area contributed by atoms with Crippen molar-refractivity contribution in [3.63, 3.8) is 0 Å². The van der Waals surface area contributed by atoms with Crippen LogP contribution in [0.2, 0.25) is 0 Å². The van der Waals surface area contributed by atoms with E-state index in [2.05, 4.69) is 18.7 Å². The van der Waals surface area contributed by atoms with Gasteiger partial charge in [0, 0.05) is 25.6 Å². The molecule has 0 aliphatic carbocycles. The highest BCUT2D eigenvalue weighted by molar-refractivity contribution is 5.85. The van der Waals surface area contributed by atoms with Gasteiger partial charge >= 0.3 is 0 Å². The van der Waals surface area contributed by atoms with Crippen LogP contribution in [0, 0.1) is 5.82 Å². The molecule has 21 heavy (non-hydrogen) atoms. The molecule has 1 fully saturated rings. The maximum atomic E-state index is 14.1. The van der Waals surface area contributed by atoms with E-state index in [1.165, 1.54) is 7.11 Å². The number of carbonyl (C=O) groups excluding carboxylic acids is 1. The topological polar surface area (TPSA) is 38.8 Å². The van der Waals surface area contributed by atoms with Gasteiger partial charge in [-0.25, -0.2) is 4.39 Å². The average Bonchev–Trinajstić information content (AvgIpc) is 2.49. The summed E-state index contributed by atoms with van der Waals surface area (Å²) in [5.74, 6) is -0.397. The zero-order valence-electron chi connectivity index (χ0n) is 12.8. The van der Waals surface area contributed by atoms with E-state index >= 15 is 0 Å². The molecule has 2 rings (SSSR count). The predicted octanol–water partition coefficient (Wildman–Crippen LogP) is 2.06. The molecule has 116 valence electrons. The van der Waals surface area contributed by atoms with Crippen LogP contribution in [0.1, 0.15) is 19.4 Å². The molecule has 1 heterocycles. The van der Waals surface area contributed by atoms with E-state index < -0.39 is 11.9 Å². The van der Waals surface area contributed by atoms with Crippen LogP contribution in [0.4, 0.5) is 4.39 Å². The molecule has 1 aromatic carbocycles. The Morgan fingerprint density at radius 2 is 2.29 bits per heavy atom. The summed E-state index contributed by atoms with van der Waals surface area (Å²) in [5.41, 5.74) is 0.352. The Morgan fingerprint density at radius 3 is 2.95 bits per heavy atom. The Labute approximate surface area is 124 Å². The highest BCUT2D eigenvalue weighted by Gasteiger charge is 2.28. The molecule has 0 bridgehead atoms. The number of benzene rings is 1. The summed E-state index contributed by atoms with van der Waals surface area (Å²) in [6, 6.07) is 5.21. The third-order valence-electron chi connectivity index (χ3n) is 3.82. The third-order valence-corrected chi connectivity index (χ3v) is 3.82. The summed E-state index contributed by atoms with van der Waals surface area (Å²) in [7, 11) is 1.41. The Bertz CT molecular complexity index is 504. The van der Waals surface area contributed by atoms with E-state index in [4.69, 9.17) is 9.47 Å². The van der Waals surface area contributed by atoms with Gasteiger partial charge in [-0.05, 0) is 25.5 Å². The smallest absolute Gasteiger partial charge is 0.168 e. The SMILES string of the molecule is COc1cccc(CC(=O)C2CN(C(C)C)CCO2)c1F. The Morgan fingerprint density at radius 1 is 1.52 bits per heavy atom. The van der Waals surface area contributed by atoms with Crippen LogP contribution in [0.25, 0.3) is 0 Å². The Balaban J connectivity index is 2.04. The van der Waals surface area contributed by atoms with E-state index in [-0.39, 0.29) is 18.0 Å². The molecule has 0 N–H and O–H groups in total. The summed E-state index contributed by atoms with van der Waals surface area (Å²) < 4.78 is 24.6. The lowest BCUT2D eigenvalue weighted by Gasteiger charge is -2.34. The molecule has 0 spiro atoms. The number of hydrogen-bond acceptors (Lipinski definition) is 4. The van der Waals surface area contributed by atoms with Crippen LogP contribution >= 0.6 is 0 Å². The zero-order chi connectivity index (χ0) is 15.4. The number of halogens is 1. The summed E-state index contributed by atoms with van der Waals surface area (Å²) >= 11 is 0. The fraction of sp³-hybridized carbons (Fsp3) is 0.562. The van der Waals surface area contributed by atoms with Gasteiger partial charge in [0.25, 0.3) is 0 Å². The van der Waals surface area contributed by atoms with Gasteiger partial charge in [0.05, 0.1) is 13.7 Å². The van der Waals surface area contributed by atoms with Crippen LogP contribution in [-0.4, -0.2) is 49.6 Å². The molecule has 0 saturated carbocycles. The summed E-state index contributed by atoms with van der Waals surface area (Å²) in [6.45, 7) is 6.12. The second-order valence-corrected chi connectivity index (χ2v) is 5.52. The van der Waals surface area contributed by atoms with Crippen LogP contribution < -0.4 is 4.74 Å². The van der Waals surface area contributed by atoms with Gasteiger partial charge in [-0.15, -0.1) is 0 Å². The number of morpholine rings is 1. The van der Waals surface area contributed by atoms with Crippen LogP contribution in [-0.2, 0) is 16.0 Å². The molecule has 1 saturated heterocycles. The monoisotopic (exact) mass is 295 g/mol. The highest BCUT2D eigenvalue weighted by atomic mass is 19.1. The molecular weight excluding hydrogens is 273 g/mol. The van der Waals surface area contributed by atoms with Crippen molar-refractivity contribution in [2.75, 3.05) is 26.8 Å². The number of rotatable bonds is 5. The lowest BCUT2D eigenvalue weighted by molar-refractivity contribution is -0.136. The van der Waals surface area contributed by atoms with E-state index in [0.717, 1.165) is 6.54 Å². The zero-order valence-corrected chi connectivity index (χ0v) is 12.8. The molecule has 1 unspecified atom stereocenters. The number of carbonyl (C=O) groups is 1. The number of methoxy groups -OCH3 is 1. The molecule has 0 aromatic heterocycles. The fourth-order valence-electron chi connectivity index (χ4n) is 2.48. The number of Topliss-reactive ketones (excluding diaryl/α,β-unsaturated/α-hetero) is 1. The van der Waals surface area contributed by atoms with E-state index in [0.29, 0.717) is 24.8 Å². The van der Waals surface area contributed by atoms with Crippen LogP contribution in [0.5, 0.6) is 5.75 Å². The van der Waals surface area contributed by atoms with Crippen LogP contribution in [0.3, 0.4) is 0 Å². The Kier molecular flexibility index (Phi) is 5.31. The number of hydrogen-bond donors (Lipinski definition) is 0. The minimum atomic E-state index is -0.480. The van der Waals surface area contributed by atoms with Gasteiger partial charge in [-0.2, -0.15) is 0 Å². The summed E-state index contributed by atoms with van der Waals surface area (Å²) in [4.78, 5) is 14.5. The first-order valence-electron chi connectivity index (χ1n) is 7.22. The lowest BCUT2D eigenvalue weighted by Crippen LogP contribution is -2.49. The minimum Gasteiger partial charge on any atom is -0.494 e. The molecule has 1 aromatic rings. The lowest BCUT2D eigenvalue weighted by atomic mass is 10.0. The molecule has 1 aliphatic heterocycles. The predicted molar refractivity (Wildman–Crippen MR) is 78.1 cm³/mol. The second-order valence-electron chi connectivity index (χ2n) is 5.52. The normalized spacial score (nSPS) is 19.8. The molecule has 0 amide bonds. The van der Waals surface area contributed by atoms with Crippen molar-refractivity contribution in [2.45, 2.75) is 32.4 Å². The average molecular weight is 295 g/mol. The quantitative estimate of drug-likeness (QED) is 0.833.